The summed E-state index contributed by atoms with van der Waals surface area (Å²) in [7, 11) is 0. The van der Waals surface area contributed by atoms with Crippen LogP contribution in [0.2, 0.25) is 0 Å². The van der Waals surface area contributed by atoms with Crippen LogP contribution in [0.3, 0.4) is 0 Å². The van der Waals surface area contributed by atoms with E-state index < -0.39 is 17.7 Å². The molecule has 1 aliphatic rings. The van der Waals surface area contributed by atoms with E-state index in [1.807, 2.05) is 70.2 Å². The van der Waals surface area contributed by atoms with Crippen molar-refractivity contribution >= 4 is 29.5 Å². The first-order chi connectivity index (χ1) is 27.8. The van der Waals surface area contributed by atoms with Crippen LogP contribution in [-0.2, 0) is 20.7 Å². The summed E-state index contributed by atoms with van der Waals surface area (Å²) >= 11 is 0. The summed E-state index contributed by atoms with van der Waals surface area (Å²) < 4.78 is 5.36. The van der Waals surface area contributed by atoms with Crippen molar-refractivity contribution in [3.63, 3.8) is 0 Å². The molecule has 58 heavy (non-hydrogen) atoms. The van der Waals surface area contributed by atoms with Gasteiger partial charge in [-0.25, -0.2) is 4.79 Å². The lowest BCUT2D eigenvalue weighted by atomic mass is 9.81. The number of rotatable bonds is 17. The van der Waals surface area contributed by atoms with Gasteiger partial charge in [-0.3, -0.25) is 14.4 Å². The standard InChI is InChI=1S/C44H59N9O5/c1-7-53(8-2)25-9-24-45-40(54)35-15-10-29(3)37(27-35)32-16-11-30(12-17-32)26-38(42(56)47-36-22-20-33(21-23-36)39-49-51-52-50-39)48-41(55)34-18-13-31(14-19-34)28-46-43(57)58-44(4,5)6/h10-12,15-17,20-23,27,31,34,38H,7-9,13-14,18-19,24-26,28H2,1-6H3,(H,45,54)(H,46,57)(H,47,56)(H,48,55)(H,49,50,51,52). The summed E-state index contributed by atoms with van der Waals surface area (Å²) in [6, 6.07) is 19.9. The molecule has 4 amide bonds. The van der Waals surface area contributed by atoms with Crippen molar-refractivity contribution in [2.75, 3.05) is 38.0 Å². The Morgan fingerprint density at radius 3 is 2.22 bits per heavy atom. The van der Waals surface area contributed by atoms with Crippen LogP contribution < -0.4 is 21.3 Å². The number of aryl methyl sites for hydroxylation is 1. The molecule has 1 fully saturated rings. The number of carbonyl (C=O) groups is 4. The Morgan fingerprint density at radius 2 is 1.59 bits per heavy atom. The average molecular weight is 794 g/mol. The van der Waals surface area contributed by atoms with Crippen molar-refractivity contribution < 1.29 is 23.9 Å². The fourth-order valence-corrected chi connectivity index (χ4v) is 7.16. The topological polar surface area (TPSA) is 183 Å². The molecule has 1 atom stereocenters. The number of alkyl carbamates (subject to hydrolysis) is 1. The molecule has 310 valence electrons. The Labute approximate surface area is 341 Å². The second-order valence-electron chi connectivity index (χ2n) is 16.0. The first kappa shape index (κ1) is 43.5. The van der Waals surface area contributed by atoms with Crippen molar-refractivity contribution in [3.8, 4) is 22.5 Å². The van der Waals surface area contributed by atoms with Crippen molar-refractivity contribution in [1.82, 2.24) is 41.5 Å². The molecular weight excluding hydrogens is 735 g/mol. The van der Waals surface area contributed by atoms with Crippen molar-refractivity contribution in [1.29, 1.82) is 0 Å². The number of H-pyrrole nitrogens is 1. The zero-order valence-electron chi connectivity index (χ0n) is 34.7. The van der Waals surface area contributed by atoms with Gasteiger partial charge in [-0.15, -0.1) is 10.2 Å². The van der Waals surface area contributed by atoms with Gasteiger partial charge in [0.05, 0.1) is 0 Å². The highest BCUT2D eigenvalue weighted by molar-refractivity contribution is 5.98. The number of aromatic nitrogens is 4. The summed E-state index contributed by atoms with van der Waals surface area (Å²) in [5.41, 5.74) is 5.13. The molecule has 1 saturated carbocycles. The molecule has 1 aliphatic carbocycles. The van der Waals surface area contributed by atoms with Crippen LogP contribution in [0, 0.1) is 18.8 Å². The average Bonchev–Trinajstić information content (AvgIpc) is 3.75. The van der Waals surface area contributed by atoms with Gasteiger partial charge in [0.2, 0.25) is 17.6 Å². The molecule has 0 spiro atoms. The molecule has 1 heterocycles. The molecule has 0 bridgehead atoms. The fraction of sp³-hybridized carbons (Fsp3) is 0.477. The van der Waals surface area contributed by atoms with E-state index in [4.69, 9.17) is 4.74 Å². The summed E-state index contributed by atoms with van der Waals surface area (Å²) in [4.78, 5) is 55.2. The van der Waals surface area contributed by atoms with E-state index in [1.165, 1.54) is 0 Å². The minimum Gasteiger partial charge on any atom is -0.444 e. The first-order valence-corrected chi connectivity index (χ1v) is 20.4. The third-order valence-corrected chi connectivity index (χ3v) is 10.6. The van der Waals surface area contributed by atoms with Crippen LogP contribution in [0.15, 0.2) is 66.7 Å². The molecular formula is C44H59N9O5. The van der Waals surface area contributed by atoms with Gasteiger partial charge in [-0.1, -0.05) is 44.2 Å². The van der Waals surface area contributed by atoms with Crippen LogP contribution in [0.5, 0.6) is 0 Å². The molecule has 5 rings (SSSR count). The highest BCUT2D eigenvalue weighted by Crippen LogP contribution is 2.30. The Morgan fingerprint density at radius 1 is 0.897 bits per heavy atom. The lowest BCUT2D eigenvalue weighted by molar-refractivity contribution is -0.130. The number of ether oxygens (including phenoxy) is 1. The molecule has 3 aromatic carbocycles. The summed E-state index contributed by atoms with van der Waals surface area (Å²) in [5.74, 6) is -0.176. The van der Waals surface area contributed by atoms with Gasteiger partial charge in [0, 0.05) is 42.2 Å². The molecule has 4 aromatic rings. The second-order valence-corrected chi connectivity index (χ2v) is 16.0. The van der Waals surface area contributed by atoms with Crippen LogP contribution in [0.25, 0.3) is 22.5 Å². The van der Waals surface area contributed by atoms with E-state index in [1.54, 1.807) is 24.3 Å². The van der Waals surface area contributed by atoms with Crippen LogP contribution in [-0.4, -0.2) is 93.7 Å². The van der Waals surface area contributed by atoms with Crippen LogP contribution >= 0.6 is 0 Å². The van der Waals surface area contributed by atoms with E-state index >= 15 is 0 Å². The number of benzene rings is 3. The zero-order chi connectivity index (χ0) is 41.7. The van der Waals surface area contributed by atoms with Crippen LogP contribution in [0.4, 0.5) is 10.5 Å². The molecule has 1 aromatic heterocycles. The number of amides is 4. The minimum atomic E-state index is -0.850. The summed E-state index contributed by atoms with van der Waals surface area (Å²) in [5, 5.41) is 26.0. The SMILES string of the molecule is CCN(CC)CCCNC(=O)c1ccc(C)c(-c2ccc(CC(NC(=O)C3CCC(CNC(=O)OC(C)(C)C)CC3)C(=O)Nc3ccc(-c4nn[nH]n4)cc3)cc2)c1. The number of hydrogen-bond donors (Lipinski definition) is 5. The predicted molar refractivity (Wildman–Crippen MR) is 225 cm³/mol. The third kappa shape index (κ3) is 12.9. The third-order valence-electron chi connectivity index (χ3n) is 10.6. The highest BCUT2D eigenvalue weighted by Gasteiger charge is 2.30. The first-order valence-electron chi connectivity index (χ1n) is 20.4. The van der Waals surface area contributed by atoms with Gasteiger partial charge in [0.25, 0.3) is 5.91 Å². The van der Waals surface area contributed by atoms with Crippen LogP contribution in [0.1, 0.15) is 88.2 Å². The predicted octanol–water partition coefficient (Wildman–Crippen LogP) is 6.30. The normalized spacial score (nSPS) is 16.0. The zero-order valence-corrected chi connectivity index (χ0v) is 34.7. The molecule has 0 radical (unpaired) electrons. The van der Waals surface area contributed by atoms with Gasteiger partial charge in [0.1, 0.15) is 11.6 Å². The maximum atomic E-state index is 13.9. The number of hydrogen-bond acceptors (Lipinski definition) is 9. The Balaban J connectivity index is 1.24. The maximum Gasteiger partial charge on any atom is 0.407 e. The van der Waals surface area contributed by atoms with E-state index in [-0.39, 0.29) is 36.0 Å². The molecule has 0 saturated heterocycles. The number of tetrazole rings is 1. The number of aromatic amines is 1. The highest BCUT2D eigenvalue weighted by atomic mass is 16.6. The Hall–Kier alpha value is -5.63. The van der Waals surface area contributed by atoms with Gasteiger partial charge in [-0.2, -0.15) is 5.21 Å². The van der Waals surface area contributed by atoms with Crippen molar-refractivity contribution in [3.05, 3.63) is 83.4 Å². The number of carbonyl (C=O) groups excluding carboxylic acids is 4. The molecule has 0 aliphatic heterocycles. The number of nitrogens with zero attached hydrogens (tertiary/aromatic N) is 4. The van der Waals surface area contributed by atoms with E-state index in [0.29, 0.717) is 43.0 Å². The Bertz CT molecular complexity index is 1950. The Kier molecular flexibility index (Phi) is 15.5. The second kappa shape index (κ2) is 20.7. The number of anilines is 1. The molecule has 14 heteroatoms. The lowest BCUT2D eigenvalue weighted by Crippen LogP contribution is -2.48. The molecule has 1 unspecified atom stereocenters. The quantitative estimate of drug-likeness (QED) is 0.0766. The van der Waals surface area contributed by atoms with E-state index in [9.17, 15) is 19.2 Å². The lowest BCUT2D eigenvalue weighted by Gasteiger charge is -2.29. The fourth-order valence-electron chi connectivity index (χ4n) is 7.16. The maximum absolute atomic E-state index is 13.9. The summed E-state index contributed by atoms with van der Waals surface area (Å²) in [6.45, 7) is 15.8. The van der Waals surface area contributed by atoms with Gasteiger partial charge in [-0.05, 0) is 149 Å². The summed E-state index contributed by atoms with van der Waals surface area (Å²) in [6.07, 6.45) is 3.57. The smallest absolute Gasteiger partial charge is 0.407 e. The minimum absolute atomic E-state index is 0.0996. The van der Waals surface area contributed by atoms with Crippen molar-refractivity contribution in [2.24, 2.45) is 11.8 Å². The van der Waals surface area contributed by atoms with Crippen molar-refractivity contribution in [2.45, 2.75) is 91.7 Å². The van der Waals surface area contributed by atoms with E-state index in [2.05, 4.69) is 60.6 Å². The monoisotopic (exact) mass is 793 g/mol. The van der Waals surface area contributed by atoms with E-state index in [0.717, 1.165) is 66.7 Å². The van der Waals surface area contributed by atoms with Gasteiger partial charge >= 0.3 is 6.09 Å². The van der Waals surface area contributed by atoms with Gasteiger partial charge < -0.3 is 30.9 Å². The molecule has 14 nitrogen and oxygen atoms in total. The largest absolute Gasteiger partial charge is 0.444 e. The molecule has 5 N–H and O–H groups in total. The van der Waals surface area contributed by atoms with Gasteiger partial charge in [0.15, 0.2) is 0 Å². The number of nitrogens with one attached hydrogen (secondary N) is 5.